The van der Waals surface area contributed by atoms with Crippen molar-refractivity contribution < 1.29 is 4.79 Å². The van der Waals surface area contributed by atoms with Crippen molar-refractivity contribution in [1.29, 1.82) is 0 Å². The van der Waals surface area contributed by atoms with Crippen LogP contribution in [0, 0.1) is 0 Å². The summed E-state index contributed by atoms with van der Waals surface area (Å²) in [5.41, 5.74) is 2.68. The third-order valence-corrected chi connectivity index (χ3v) is 4.72. The van der Waals surface area contributed by atoms with Gasteiger partial charge in [-0.2, -0.15) is 11.3 Å². The van der Waals surface area contributed by atoms with Gasteiger partial charge >= 0.3 is 0 Å². The number of carbonyl (C=O) groups is 1. The maximum atomic E-state index is 12.3. The van der Waals surface area contributed by atoms with Crippen molar-refractivity contribution in [2.24, 2.45) is 0 Å². The summed E-state index contributed by atoms with van der Waals surface area (Å²) < 4.78 is 0. The Balaban J connectivity index is 1.64. The van der Waals surface area contributed by atoms with Gasteiger partial charge in [0.15, 0.2) is 0 Å². The normalized spacial score (nSPS) is 16.4. The van der Waals surface area contributed by atoms with E-state index in [1.165, 1.54) is 25.7 Å². The maximum absolute atomic E-state index is 12.3. The number of hydrogen-bond donors (Lipinski definition) is 1. The van der Waals surface area contributed by atoms with Gasteiger partial charge in [-0.1, -0.05) is 25.7 Å². The number of thiophene rings is 1. The number of amides is 1. The highest BCUT2D eigenvalue weighted by molar-refractivity contribution is 7.08. The first-order chi connectivity index (χ1) is 10.3. The summed E-state index contributed by atoms with van der Waals surface area (Å²) in [6.45, 7) is 0. The summed E-state index contributed by atoms with van der Waals surface area (Å²) >= 11 is 1.65. The lowest BCUT2D eigenvalue weighted by atomic mass is 10.1. The zero-order chi connectivity index (χ0) is 14.5. The molecule has 1 amide bonds. The molecular formula is C17H20N2OS. The van der Waals surface area contributed by atoms with Crippen molar-refractivity contribution in [3.8, 4) is 11.3 Å². The van der Waals surface area contributed by atoms with Gasteiger partial charge in [-0.3, -0.25) is 9.78 Å². The third-order valence-electron chi connectivity index (χ3n) is 4.03. The molecule has 0 spiro atoms. The van der Waals surface area contributed by atoms with Crippen LogP contribution >= 0.6 is 11.3 Å². The van der Waals surface area contributed by atoms with E-state index in [9.17, 15) is 4.79 Å². The minimum Gasteiger partial charge on any atom is -0.349 e. The monoisotopic (exact) mass is 300 g/mol. The third kappa shape index (κ3) is 3.70. The van der Waals surface area contributed by atoms with Crippen LogP contribution < -0.4 is 5.32 Å². The van der Waals surface area contributed by atoms with Crippen LogP contribution in [0.25, 0.3) is 11.3 Å². The Kier molecular flexibility index (Phi) is 4.65. The molecule has 3 nitrogen and oxygen atoms in total. The van der Waals surface area contributed by atoms with E-state index in [2.05, 4.69) is 15.7 Å². The van der Waals surface area contributed by atoms with Crippen LogP contribution in [0.3, 0.4) is 0 Å². The van der Waals surface area contributed by atoms with E-state index in [0.717, 1.165) is 24.1 Å². The fourth-order valence-electron chi connectivity index (χ4n) is 2.80. The van der Waals surface area contributed by atoms with Crippen molar-refractivity contribution in [3.63, 3.8) is 0 Å². The molecule has 4 heteroatoms. The van der Waals surface area contributed by atoms with Crippen LogP contribution in [0.15, 0.2) is 35.2 Å². The molecule has 1 N–H and O–H groups in total. The Morgan fingerprint density at radius 1 is 1.14 bits per heavy atom. The molecule has 0 atom stereocenters. The highest BCUT2D eigenvalue weighted by Gasteiger charge is 2.16. The summed E-state index contributed by atoms with van der Waals surface area (Å²) in [5, 5.41) is 7.25. The van der Waals surface area contributed by atoms with E-state index in [1.54, 1.807) is 17.5 Å². The largest absolute Gasteiger partial charge is 0.349 e. The van der Waals surface area contributed by atoms with Gasteiger partial charge in [-0.25, -0.2) is 0 Å². The number of aromatic nitrogens is 1. The number of carbonyl (C=O) groups excluding carboxylic acids is 1. The Morgan fingerprint density at radius 3 is 2.57 bits per heavy atom. The van der Waals surface area contributed by atoms with Crippen molar-refractivity contribution in [2.45, 2.75) is 44.6 Å². The fourth-order valence-corrected chi connectivity index (χ4v) is 3.45. The molecule has 0 aliphatic heterocycles. The van der Waals surface area contributed by atoms with Crippen molar-refractivity contribution in [3.05, 3.63) is 40.7 Å². The molecule has 110 valence electrons. The first-order valence-electron chi connectivity index (χ1n) is 7.62. The summed E-state index contributed by atoms with van der Waals surface area (Å²) in [6, 6.07) is 6.16. The molecule has 21 heavy (non-hydrogen) atoms. The van der Waals surface area contributed by atoms with E-state index >= 15 is 0 Å². The molecule has 2 aromatic rings. The van der Waals surface area contributed by atoms with Crippen LogP contribution in [0.4, 0.5) is 0 Å². The van der Waals surface area contributed by atoms with Crippen molar-refractivity contribution >= 4 is 17.2 Å². The summed E-state index contributed by atoms with van der Waals surface area (Å²) in [6.07, 6.45) is 8.92. The molecule has 0 saturated heterocycles. The standard InChI is InChI=1S/C17H20N2OS/c20-17(19-15-5-3-1-2-4-6-15)13-7-8-16(18-11-13)14-9-10-21-12-14/h7-12,15H,1-6H2,(H,19,20). The second-order valence-electron chi connectivity index (χ2n) is 5.61. The van der Waals surface area contributed by atoms with Gasteiger partial charge in [0.05, 0.1) is 11.3 Å². The minimum atomic E-state index is 0.00580. The fraction of sp³-hybridized carbons (Fsp3) is 0.412. The second-order valence-corrected chi connectivity index (χ2v) is 6.39. The molecule has 2 aromatic heterocycles. The lowest BCUT2D eigenvalue weighted by molar-refractivity contribution is 0.0933. The van der Waals surface area contributed by atoms with Crippen molar-refractivity contribution in [1.82, 2.24) is 10.3 Å². The lowest BCUT2D eigenvalue weighted by Crippen LogP contribution is -2.34. The van der Waals surface area contributed by atoms with Gasteiger partial charge in [-0.05, 0) is 36.4 Å². The topological polar surface area (TPSA) is 42.0 Å². The van der Waals surface area contributed by atoms with Gasteiger partial charge in [-0.15, -0.1) is 0 Å². The number of hydrogen-bond acceptors (Lipinski definition) is 3. The van der Waals surface area contributed by atoms with Crippen molar-refractivity contribution in [2.75, 3.05) is 0 Å². The molecule has 0 unspecified atom stereocenters. The van der Waals surface area contributed by atoms with Crippen LogP contribution in [0.2, 0.25) is 0 Å². The van der Waals surface area contributed by atoms with Gasteiger partial charge < -0.3 is 5.32 Å². The second kappa shape index (κ2) is 6.85. The van der Waals surface area contributed by atoms with E-state index in [4.69, 9.17) is 0 Å². The first-order valence-corrected chi connectivity index (χ1v) is 8.57. The predicted octanol–water partition coefficient (Wildman–Crippen LogP) is 4.26. The van der Waals surface area contributed by atoms with E-state index in [0.29, 0.717) is 11.6 Å². The smallest absolute Gasteiger partial charge is 0.253 e. The van der Waals surface area contributed by atoms with Crippen LogP contribution in [0.5, 0.6) is 0 Å². The highest BCUT2D eigenvalue weighted by atomic mass is 32.1. The van der Waals surface area contributed by atoms with Gasteiger partial charge in [0.25, 0.3) is 5.91 Å². The molecule has 0 radical (unpaired) electrons. The van der Waals surface area contributed by atoms with Crippen LogP contribution in [-0.4, -0.2) is 16.9 Å². The zero-order valence-electron chi connectivity index (χ0n) is 12.0. The first kappa shape index (κ1) is 14.3. The maximum Gasteiger partial charge on any atom is 0.253 e. The number of rotatable bonds is 3. The molecule has 1 aliphatic rings. The average Bonchev–Trinajstić information content (AvgIpc) is 2.93. The van der Waals surface area contributed by atoms with Gasteiger partial charge in [0.2, 0.25) is 0 Å². The van der Waals surface area contributed by atoms with E-state index < -0.39 is 0 Å². The average molecular weight is 300 g/mol. The summed E-state index contributed by atoms with van der Waals surface area (Å²) in [5.74, 6) is 0.00580. The molecule has 1 saturated carbocycles. The number of nitrogens with zero attached hydrogens (tertiary/aromatic N) is 1. The van der Waals surface area contributed by atoms with Gasteiger partial charge in [0, 0.05) is 23.2 Å². The predicted molar refractivity (Wildman–Crippen MR) is 86.5 cm³/mol. The minimum absolute atomic E-state index is 0.00580. The van der Waals surface area contributed by atoms with E-state index in [1.807, 2.05) is 23.6 Å². The highest BCUT2D eigenvalue weighted by Crippen LogP contribution is 2.20. The Labute approximate surface area is 129 Å². The quantitative estimate of drug-likeness (QED) is 0.860. The molecule has 2 heterocycles. The molecular weight excluding hydrogens is 280 g/mol. The summed E-state index contributed by atoms with van der Waals surface area (Å²) in [7, 11) is 0. The van der Waals surface area contributed by atoms with Crippen LogP contribution in [0.1, 0.15) is 48.9 Å². The molecule has 0 bridgehead atoms. The summed E-state index contributed by atoms with van der Waals surface area (Å²) in [4.78, 5) is 16.7. The lowest BCUT2D eigenvalue weighted by Gasteiger charge is -2.16. The Morgan fingerprint density at radius 2 is 1.95 bits per heavy atom. The molecule has 1 aliphatic carbocycles. The Bertz CT molecular complexity index is 569. The van der Waals surface area contributed by atoms with Gasteiger partial charge in [0.1, 0.15) is 0 Å². The number of pyridine rings is 1. The zero-order valence-corrected chi connectivity index (χ0v) is 12.9. The SMILES string of the molecule is O=C(NC1CCCCCC1)c1ccc(-c2ccsc2)nc1. The van der Waals surface area contributed by atoms with Crippen LogP contribution in [-0.2, 0) is 0 Å². The Hall–Kier alpha value is -1.68. The van der Waals surface area contributed by atoms with E-state index in [-0.39, 0.29) is 5.91 Å². The molecule has 1 fully saturated rings. The number of nitrogens with one attached hydrogen (secondary N) is 1. The molecule has 3 rings (SSSR count). The molecule has 0 aromatic carbocycles.